The molecule has 15 heavy (non-hydrogen) atoms. The Bertz CT molecular complexity index is 460. The van der Waals surface area contributed by atoms with Gasteiger partial charge in [0.05, 0.1) is 11.9 Å². The molecule has 3 nitrogen and oxygen atoms in total. The summed E-state index contributed by atoms with van der Waals surface area (Å²) >= 11 is 0. The Labute approximate surface area is 88.4 Å². The molecule has 0 spiro atoms. The van der Waals surface area contributed by atoms with Crippen LogP contribution in [0.4, 0.5) is 0 Å². The molecule has 1 aromatic heterocycles. The van der Waals surface area contributed by atoms with Crippen molar-refractivity contribution in [3.63, 3.8) is 0 Å². The van der Waals surface area contributed by atoms with Gasteiger partial charge in [0.15, 0.2) is 0 Å². The molecule has 3 heteroatoms. The van der Waals surface area contributed by atoms with E-state index in [0.717, 1.165) is 23.2 Å². The summed E-state index contributed by atoms with van der Waals surface area (Å²) in [5.41, 5.74) is 3.02. The molecule has 2 rings (SSSR count). The molecule has 0 amide bonds. The highest BCUT2D eigenvalue weighted by atomic mass is 16.1. The molecule has 0 saturated heterocycles. The molecule has 0 bridgehead atoms. The Kier molecular flexibility index (Phi) is 2.63. The number of carbonyl (C=O) groups excluding carboxylic acids is 1. The number of aldehydes is 1. The molecule has 1 heterocycles. The molecular weight excluding hydrogens is 188 g/mol. The van der Waals surface area contributed by atoms with Crippen LogP contribution in [0, 0.1) is 6.92 Å². The molecule has 0 aliphatic carbocycles. The number of para-hydroxylation sites is 1. The average Bonchev–Trinajstić information content (AvgIpc) is 2.63. The van der Waals surface area contributed by atoms with Crippen molar-refractivity contribution >= 4 is 6.29 Å². The molecule has 0 aliphatic heterocycles. The molecule has 0 saturated carbocycles. The van der Waals surface area contributed by atoms with Gasteiger partial charge in [0.2, 0.25) is 0 Å². The van der Waals surface area contributed by atoms with Crippen LogP contribution in [0.1, 0.15) is 11.3 Å². The van der Waals surface area contributed by atoms with E-state index < -0.39 is 0 Å². The number of rotatable bonds is 3. The number of benzene rings is 1. The van der Waals surface area contributed by atoms with Crippen LogP contribution in [0.2, 0.25) is 0 Å². The summed E-state index contributed by atoms with van der Waals surface area (Å²) in [5, 5.41) is 4.26. The van der Waals surface area contributed by atoms with Crippen molar-refractivity contribution in [3.8, 4) is 5.69 Å². The Morgan fingerprint density at radius 3 is 2.73 bits per heavy atom. The van der Waals surface area contributed by atoms with Gasteiger partial charge in [-0.1, -0.05) is 18.2 Å². The molecule has 0 unspecified atom stereocenters. The zero-order chi connectivity index (χ0) is 10.7. The topological polar surface area (TPSA) is 34.9 Å². The van der Waals surface area contributed by atoms with Gasteiger partial charge in [-0.15, -0.1) is 0 Å². The van der Waals surface area contributed by atoms with Crippen LogP contribution in [-0.2, 0) is 11.2 Å². The third-order valence-electron chi connectivity index (χ3n) is 2.42. The molecule has 0 atom stereocenters. The van der Waals surface area contributed by atoms with Crippen LogP contribution in [0.25, 0.3) is 5.69 Å². The van der Waals surface area contributed by atoms with Crippen LogP contribution >= 0.6 is 0 Å². The van der Waals surface area contributed by atoms with Gasteiger partial charge >= 0.3 is 0 Å². The van der Waals surface area contributed by atoms with Crippen LogP contribution in [0.15, 0.2) is 36.5 Å². The fraction of sp³-hybridized carbons (Fsp3) is 0.167. The molecule has 76 valence electrons. The van der Waals surface area contributed by atoms with Crippen LogP contribution in [0.3, 0.4) is 0 Å². The van der Waals surface area contributed by atoms with E-state index >= 15 is 0 Å². The first-order valence-electron chi connectivity index (χ1n) is 4.85. The minimum Gasteiger partial charge on any atom is -0.303 e. The second-order valence-electron chi connectivity index (χ2n) is 3.37. The Hall–Kier alpha value is -1.90. The van der Waals surface area contributed by atoms with E-state index in [-0.39, 0.29) is 0 Å². The van der Waals surface area contributed by atoms with Gasteiger partial charge < -0.3 is 4.79 Å². The van der Waals surface area contributed by atoms with Crippen LogP contribution < -0.4 is 0 Å². The lowest BCUT2D eigenvalue weighted by molar-refractivity contribution is -0.107. The quantitative estimate of drug-likeness (QED) is 0.709. The second-order valence-corrected chi connectivity index (χ2v) is 3.37. The maximum Gasteiger partial charge on any atom is 0.124 e. The second kappa shape index (κ2) is 4.09. The number of aromatic nitrogens is 2. The minimum atomic E-state index is 0.429. The van der Waals surface area contributed by atoms with Gasteiger partial charge in [-0.2, -0.15) is 5.10 Å². The summed E-state index contributed by atoms with van der Waals surface area (Å²) in [4.78, 5) is 10.4. The van der Waals surface area contributed by atoms with Crippen molar-refractivity contribution in [3.05, 3.63) is 47.8 Å². The molecule has 0 fully saturated rings. The van der Waals surface area contributed by atoms with Crippen molar-refractivity contribution in [1.82, 2.24) is 9.78 Å². The van der Waals surface area contributed by atoms with E-state index in [1.807, 2.05) is 41.9 Å². The number of carbonyl (C=O) groups is 1. The van der Waals surface area contributed by atoms with Crippen molar-refractivity contribution in [2.24, 2.45) is 0 Å². The fourth-order valence-electron chi connectivity index (χ4n) is 1.56. The maximum atomic E-state index is 10.4. The van der Waals surface area contributed by atoms with Gasteiger partial charge in [0.25, 0.3) is 0 Å². The van der Waals surface area contributed by atoms with Crippen molar-refractivity contribution in [1.29, 1.82) is 0 Å². The van der Waals surface area contributed by atoms with E-state index in [1.54, 1.807) is 6.20 Å². The van der Waals surface area contributed by atoms with Crippen LogP contribution in [-0.4, -0.2) is 16.1 Å². The Morgan fingerprint density at radius 2 is 2.07 bits per heavy atom. The number of hydrogen-bond donors (Lipinski definition) is 0. The van der Waals surface area contributed by atoms with Crippen LogP contribution in [0.5, 0.6) is 0 Å². The first kappa shape index (κ1) is 9.65. The summed E-state index contributed by atoms with van der Waals surface area (Å²) in [6.07, 6.45) is 3.08. The Morgan fingerprint density at radius 1 is 1.33 bits per heavy atom. The lowest BCUT2D eigenvalue weighted by Gasteiger charge is -2.03. The normalized spacial score (nSPS) is 10.2. The predicted molar refractivity (Wildman–Crippen MR) is 58.1 cm³/mol. The van der Waals surface area contributed by atoms with Gasteiger partial charge in [0.1, 0.15) is 6.29 Å². The molecule has 0 N–H and O–H groups in total. The van der Waals surface area contributed by atoms with Crippen molar-refractivity contribution in [2.45, 2.75) is 13.3 Å². The molecular formula is C12H12N2O. The van der Waals surface area contributed by atoms with Gasteiger partial charge in [0, 0.05) is 17.7 Å². The monoisotopic (exact) mass is 200 g/mol. The Balaban J connectivity index is 2.42. The molecule has 1 aromatic carbocycles. The highest BCUT2D eigenvalue weighted by Gasteiger charge is 2.06. The standard InChI is InChI=1S/C12H12N2O/c1-10-11(7-8-15)9-13-14(10)12-5-3-2-4-6-12/h2-6,8-9H,7H2,1H3. The van der Waals surface area contributed by atoms with E-state index in [9.17, 15) is 4.79 Å². The summed E-state index contributed by atoms with van der Waals surface area (Å²) < 4.78 is 1.85. The summed E-state index contributed by atoms with van der Waals surface area (Å²) in [5.74, 6) is 0. The summed E-state index contributed by atoms with van der Waals surface area (Å²) in [6, 6.07) is 9.88. The lowest BCUT2D eigenvalue weighted by Crippen LogP contribution is -1.99. The van der Waals surface area contributed by atoms with E-state index in [4.69, 9.17) is 0 Å². The van der Waals surface area contributed by atoms with Crippen molar-refractivity contribution < 1.29 is 4.79 Å². The van der Waals surface area contributed by atoms with Crippen molar-refractivity contribution in [2.75, 3.05) is 0 Å². The van der Waals surface area contributed by atoms with Gasteiger partial charge in [-0.05, 0) is 19.1 Å². The van der Waals surface area contributed by atoms with Gasteiger partial charge in [-0.3, -0.25) is 0 Å². The third kappa shape index (κ3) is 1.81. The molecule has 2 aromatic rings. The zero-order valence-electron chi connectivity index (χ0n) is 8.55. The largest absolute Gasteiger partial charge is 0.303 e. The SMILES string of the molecule is Cc1c(CC=O)cnn1-c1ccccc1. The van der Waals surface area contributed by atoms with E-state index in [2.05, 4.69) is 5.10 Å². The highest BCUT2D eigenvalue weighted by Crippen LogP contribution is 2.13. The first-order valence-corrected chi connectivity index (χ1v) is 4.85. The number of hydrogen-bond acceptors (Lipinski definition) is 2. The van der Waals surface area contributed by atoms with Gasteiger partial charge in [-0.25, -0.2) is 4.68 Å². The minimum absolute atomic E-state index is 0.429. The maximum absolute atomic E-state index is 10.4. The summed E-state index contributed by atoms with van der Waals surface area (Å²) in [6.45, 7) is 1.97. The lowest BCUT2D eigenvalue weighted by atomic mass is 10.2. The third-order valence-corrected chi connectivity index (χ3v) is 2.42. The van der Waals surface area contributed by atoms with E-state index in [0.29, 0.717) is 6.42 Å². The first-order chi connectivity index (χ1) is 7.33. The zero-order valence-corrected chi connectivity index (χ0v) is 8.55. The fourth-order valence-corrected chi connectivity index (χ4v) is 1.56. The highest BCUT2D eigenvalue weighted by molar-refractivity contribution is 5.55. The molecule has 0 aliphatic rings. The number of nitrogens with zero attached hydrogens (tertiary/aromatic N) is 2. The summed E-state index contributed by atoms with van der Waals surface area (Å²) in [7, 11) is 0. The average molecular weight is 200 g/mol. The smallest absolute Gasteiger partial charge is 0.124 e. The van der Waals surface area contributed by atoms with E-state index in [1.165, 1.54) is 0 Å². The molecule has 0 radical (unpaired) electrons. The predicted octanol–water partition coefficient (Wildman–Crippen LogP) is 1.92.